The molecule has 13 nitrogen and oxygen atoms in total. The van der Waals surface area contributed by atoms with Crippen LogP contribution in [0.25, 0.3) is 0 Å². The van der Waals surface area contributed by atoms with Crippen molar-refractivity contribution in [1.29, 1.82) is 0 Å². The lowest BCUT2D eigenvalue weighted by Gasteiger charge is -2.72. The summed E-state index contributed by atoms with van der Waals surface area (Å²) in [5.74, 6) is 0.696. The summed E-state index contributed by atoms with van der Waals surface area (Å²) in [6.07, 6.45) is -7.04. The molecule has 19 atom stereocenters. The summed E-state index contributed by atoms with van der Waals surface area (Å²) in [4.78, 5) is 0. The van der Waals surface area contributed by atoms with Crippen molar-refractivity contribution < 1.29 is 64.9 Å². The van der Waals surface area contributed by atoms with E-state index in [1.165, 1.54) is 0 Å². The highest BCUT2D eigenvalue weighted by atomic mass is 16.8. The number of allylic oxidation sites excluding steroid dienone is 2. The number of aliphatic hydroxyl groups is 9. The minimum absolute atomic E-state index is 0.00457. The molecule has 2 heterocycles. The summed E-state index contributed by atoms with van der Waals surface area (Å²) in [7, 11) is 0. The third-order valence-electron chi connectivity index (χ3n) is 17.1. The van der Waals surface area contributed by atoms with E-state index in [2.05, 4.69) is 47.6 Å². The number of aliphatic hydroxyl groups excluding tert-OH is 8. The first kappa shape index (κ1) is 41.4. The Hall–Kier alpha value is -0.780. The standard InChI is InChI=1S/C41H68O13/c1-36(2)16-21-20-8-9-24-38(4)12-11-26(39(5,19-42)23(38)10-13-41(24,7)40(20,6)15-14-37(21,3)25(44)17-36)52-35-32(29(47)28(46)31(53-35)33(49)50)54-34-30(48)27(45)22(43)18-51-34/h8,21-35,42-50H,9-19H2,1-7H3. The van der Waals surface area contributed by atoms with Crippen molar-refractivity contribution in [2.45, 2.75) is 180 Å². The van der Waals surface area contributed by atoms with Crippen molar-refractivity contribution in [3.63, 3.8) is 0 Å². The van der Waals surface area contributed by atoms with Crippen molar-refractivity contribution in [3.8, 4) is 0 Å². The summed E-state index contributed by atoms with van der Waals surface area (Å²) in [6.45, 7) is 15.7. The second-order valence-electron chi connectivity index (χ2n) is 20.5. The van der Waals surface area contributed by atoms with E-state index in [9.17, 15) is 46.0 Å². The van der Waals surface area contributed by atoms with Gasteiger partial charge < -0.3 is 64.9 Å². The van der Waals surface area contributed by atoms with Gasteiger partial charge in [0.15, 0.2) is 18.9 Å². The summed E-state index contributed by atoms with van der Waals surface area (Å²) < 4.78 is 23.9. The molecule has 0 amide bonds. The van der Waals surface area contributed by atoms with Gasteiger partial charge in [0.2, 0.25) is 0 Å². The lowest BCUT2D eigenvalue weighted by Crippen LogP contribution is -2.68. The van der Waals surface area contributed by atoms with Gasteiger partial charge in [0.1, 0.15) is 42.7 Å². The number of hydrogen-bond acceptors (Lipinski definition) is 13. The molecule has 13 heteroatoms. The largest absolute Gasteiger partial charge is 0.396 e. The van der Waals surface area contributed by atoms with Gasteiger partial charge in [-0.25, -0.2) is 0 Å². The fourth-order valence-corrected chi connectivity index (χ4v) is 13.5. The number of fused-ring (bicyclic) bond motifs is 7. The van der Waals surface area contributed by atoms with Crippen LogP contribution in [0.4, 0.5) is 0 Å². The lowest BCUT2D eigenvalue weighted by atomic mass is 9.33. The number of ether oxygens (including phenoxy) is 4. The zero-order valence-electron chi connectivity index (χ0n) is 33.2. The molecule has 0 radical (unpaired) electrons. The van der Waals surface area contributed by atoms with Gasteiger partial charge in [-0.05, 0) is 97.2 Å². The normalized spacial score (nSPS) is 55.9. The molecule has 7 rings (SSSR count). The van der Waals surface area contributed by atoms with Crippen LogP contribution in [0.15, 0.2) is 11.6 Å². The van der Waals surface area contributed by atoms with Crippen LogP contribution in [-0.2, 0) is 18.9 Å². The van der Waals surface area contributed by atoms with Crippen LogP contribution in [0, 0.1) is 50.2 Å². The Labute approximate surface area is 319 Å². The maximum Gasteiger partial charge on any atom is 0.187 e. The van der Waals surface area contributed by atoms with E-state index >= 15 is 0 Å². The minimum atomic E-state index is -2.17. The van der Waals surface area contributed by atoms with E-state index in [4.69, 9.17) is 18.9 Å². The van der Waals surface area contributed by atoms with E-state index in [0.29, 0.717) is 18.3 Å². The summed E-state index contributed by atoms with van der Waals surface area (Å²) in [5, 5.41) is 95.9. The van der Waals surface area contributed by atoms with Crippen LogP contribution in [0.5, 0.6) is 0 Å². The van der Waals surface area contributed by atoms with Crippen LogP contribution < -0.4 is 0 Å². The molecule has 0 spiro atoms. The molecule has 0 aromatic heterocycles. The van der Waals surface area contributed by atoms with Crippen molar-refractivity contribution >= 4 is 0 Å². The van der Waals surface area contributed by atoms with Crippen LogP contribution in [-0.4, -0.2) is 133 Å². The van der Waals surface area contributed by atoms with E-state index in [1.54, 1.807) is 5.57 Å². The predicted molar refractivity (Wildman–Crippen MR) is 194 cm³/mol. The first-order valence-electron chi connectivity index (χ1n) is 20.4. The van der Waals surface area contributed by atoms with Gasteiger partial charge in [0.05, 0.1) is 25.4 Å². The molecular weight excluding hydrogens is 700 g/mol. The SMILES string of the molecule is CC1(C)CC(O)C2(C)CCC3(C)C(=CCC4C5(C)CCC(OC6OC(C(O)O)C(O)C(O)C6OC6OCC(O)C(O)C6O)C(C)(CO)C5CCC43C)C2C1. The van der Waals surface area contributed by atoms with Crippen LogP contribution in [0.3, 0.4) is 0 Å². The average Bonchev–Trinajstić information content (AvgIpc) is 3.10. The molecule has 2 saturated heterocycles. The molecule has 6 fully saturated rings. The van der Waals surface area contributed by atoms with E-state index < -0.39 is 73.1 Å². The monoisotopic (exact) mass is 768 g/mol. The molecule has 0 aromatic carbocycles. The van der Waals surface area contributed by atoms with Gasteiger partial charge in [0, 0.05) is 10.8 Å². The molecule has 19 unspecified atom stereocenters. The van der Waals surface area contributed by atoms with E-state index in [0.717, 1.165) is 51.4 Å². The number of hydrogen-bond donors (Lipinski definition) is 9. The van der Waals surface area contributed by atoms with Crippen molar-refractivity contribution in [2.75, 3.05) is 13.2 Å². The smallest absolute Gasteiger partial charge is 0.187 e. The molecule has 2 aliphatic heterocycles. The highest BCUT2D eigenvalue weighted by molar-refractivity contribution is 5.34. The molecule has 310 valence electrons. The Morgan fingerprint density at radius 3 is 2.13 bits per heavy atom. The predicted octanol–water partition coefficient (Wildman–Crippen LogP) is 1.72. The first-order valence-corrected chi connectivity index (χ1v) is 20.4. The second kappa shape index (κ2) is 13.9. The van der Waals surface area contributed by atoms with Gasteiger partial charge in [-0.2, -0.15) is 0 Å². The topological polar surface area (TPSA) is 219 Å². The molecule has 54 heavy (non-hydrogen) atoms. The van der Waals surface area contributed by atoms with Crippen LogP contribution in [0.1, 0.15) is 106 Å². The Morgan fingerprint density at radius 2 is 1.46 bits per heavy atom. The van der Waals surface area contributed by atoms with Crippen molar-refractivity contribution in [1.82, 2.24) is 0 Å². The highest BCUT2D eigenvalue weighted by Gasteiger charge is 2.69. The van der Waals surface area contributed by atoms with Gasteiger partial charge in [-0.3, -0.25) is 0 Å². The quantitative estimate of drug-likeness (QED) is 0.107. The van der Waals surface area contributed by atoms with Crippen LogP contribution in [0.2, 0.25) is 0 Å². The Kier molecular flexibility index (Phi) is 10.7. The number of rotatable bonds is 6. The van der Waals surface area contributed by atoms with Crippen molar-refractivity contribution in [3.05, 3.63) is 11.6 Å². The molecule has 0 bridgehead atoms. The average molecular weight is 769 g/mol. The maximum absolute atomic E-state index is 11.5. The van der Waals surface area contributed by atoms with E-state index in [-0.39, 0.29) is 52.3 Å². The molecule has 9 N–H and O–H groups in total. The lowest BCUT2D eigenvalue weighted by molar-refractivity contribution is -0.383. The third kappa shape index (κ3) is 6.04. The molecule has 4 saturated carbocycles. The second-order valence-corrected chi connectivity index (χ2v) is 20.5. The third-order valence-corrected chi connectivity index (χ3v) is 17.1. The van der Waals surface area contributed by atoms with Gasteiger partial charge in [-0.15, -0.1) is 0 Å². The Morgan fingerprint density at radius 1 is 0.759 bits per heavy atom. The molecular formula is C41H68O13. The van der Waals surface area contributed by atoms with E-state index in [1.807, 2.05) is 6.92 Å². The minimum Gasteiger partial charge on any atom is -0.396 e. The Bertz CT molecular complexity index is 1420. The molecule has 5 aliphatic carbocycles. The summed E-state index contributed by atoms with van der Waals surface area (Å²) in [6, 6.07) is 0. The Balaban J connectivity index is 1.17. The highest BCUT2D eigenvalue weighted by Crippen LogP contribution is 2.76. The van der Waals surface area contributed by atoms with Crippen molar-refractivity contribution in [2.24, 2.45) is 50.2 Å². The van der Waals surface area contributed by atoms with Gasteiger partial charge in [0.25, 0.3) is 0 Å². The van der Waals surface area contributed by atoms with Gasteiger partial charge in [-0.1, -0.05) is 60.1 Å². The fourth-order valence-electron chi connectivity index (χ4n) is 13.5. The van der Waals surface area contributed by atoms with Crippen LogP contribution >= 0.6 is 0 Å². The fraction of sp³-hybridized carbons (Fsp3) is 0.951. The molecule has 7 aliphatic rings. The summed E-state index contributed by atoms with van der Waals surface area (Å²) >= 11 is 0. The first-order chi connectivity index (χ1) is 25.1. The zero-order valence-corrected chi connectivity index (χ0v) is 33.2. The van der Waals surface area contributed by atoms with Gasteiger partial charge >= 0.3 is 0 Å². The summed E-state index contributed by atoms with van der Waals surface area (Å²) in [5.41, 5.74) is 0.491. The molecule has 0 aromatic rings. The zero-order chi connectivity index (χ0) is 39.6. The maximum atomic E-state index is 11.5.